The Hall–Kier alpha value is -2.73. The van der Waals surface area contributed by atoms with Gasteiger partial charge in [-0.15, -0.1) is 0 Å². The number of hydrogen-bond donors (Lipinski definition) is 1. The van der Waals surface area contributed by atoms with E-state index in [4.69, 9.17) is 9.47 Å². The molecule has 3 aromatic rings. The fraction of sp³-hybridized carbons (Fsp3) is 0.370. The SMILES string of the molecule is O=C(CN1CC[C@@]2(CCCO2)[C@H](OCc2ccccc2)C1)Nc1cccc2ccccc12. The van der Waals surface area contributed by atoms with E-state index >= 15 is 0 Å². The van der Waals surface area contributed by atoms with E-state index in [-0.39, 0.29) is 17.6 Å². The lowest BCUT2D eigenvalue weighted by Gasteiger charge is -2.44. The highest BCUT2D eigenvalue weighted by molar-refractivity contribution is 6.02. The topological polar surface area (TPSA) is 50.8 Å². The van der Waals surface area contributed by atoms with Crippen LogP contribution in [0.3, 0.4) is 0 Å². The molecule has 2 fully saturated rings. The molecular formula is C27H30N2O3. The van der Waals surface area contributed by atoms with Crippen molar-refractivity contribution in [1.29, 1.82) is 0 Å². The quantitative estimate of drug-likeness (QED) is 0.620. The largest absolute Gasteiger partial charge is 0.372 e. The summed E-state index contributed by atoms with van der Waals surface area (Å²) in [4.78, 5) is 15.1. The zero-order chi connectivity index (χ0) is 21.8. The number of anilines is 1. The van der Waals surface area contributed by atoms with Crippen molar-refractivity contribution in [3.63, 3.8) is 0 Å². The molecule has 0 bridgehead atoms. The predicted octanol–water partition coefficient (Wildman–Crippen LogP) is 4.62. The molecule has 2 aliphatic heterocycles. The Bertz CT molecular complexity index is 1060. The summed E-state index contributed by atoms with van der Waals surface area (Å²) in [5, 5.41) is 5.30. The van der Waals surface area contributed by atoms with Crippen LogP contribution in [0.5, 0.6) is 0 Å². The minimum atomic E-state index is -0.211. The Labute approximate surface area is 189 Å². The fourth-order valence-electron chi connectivity index (χ4n) is 5.02. The monoisotopic (exact) mass is 430 g/mol. The Kier molecular flexibility index (Phi) is 6.21. The van der Waals surface area contributed by atoms with Gasteiger partial charge < -0.3 is 14.8 Å². The lowest BCUT2D eigenvalue weighted by molar-refractivity contribution is -0.159. The first-order valence-corrected chi connectivity index (χ1v) is 11.5. The van der Waals surface area contributed by atoms with Gasteiger partial charge in [0.05, 0.1) is 24.9 Å². The summed E-state index contributed by atoms with van der Waals surface area (Å²) in [6, 6.07) is 24.4. The standard InChI is InChI=1S/C27H30N2O3/c30-26(28-24-13-6-11-22-10-4-5-12-23(22)24)19-29-16-15-27(14-7-17-32-27)25(18-29)31-20-21-8-2-1-3-9-21/h1-6,8-13,25H,7,14-20H2,(H,28,30)/t25-,27+/m1/s1. The first kappa shape index (κ1) is 21.1. The van der Waals surface area contributed by atoms with E-state index in [0.717, 1.165) is 54.4 Å². The number of carbonyl (C=O) groups excluding carboxylic acids is 1. The summed E-state index contributed by atoms with van der Waals surface area (Å²) in [5.41, 5.74) is 1.81. The van der Waals surface area contributed by atoms with Crippen LogP contribution in [0.15, 0.2) is 72.8 Å². The van der Waals surface area contributed by atoms with Gasteiger partial charge in [0.2, 0.25) is 5.91 Å². The van der Waals surface area contributed by atoms with Crippen LogP contribution in [0.1, 0.15) is 24.8 Å². The number of piperidine rings is 1. The third-order valence-electron chi connectivity index (χ3n) is 6.72. The van der Waals surface area contributed by atoms with E-state index in [1.54, 1.807) is 0 Å². The van der Waals surface area contributed by atoms with Crippen LogP contribution < -0.4 is 5.32 Å². The van der Waals surface area contributed by atoms with E-state index in [1.165, 1.54) is 0 Å². The molecule has 5 rings (SSSR count). The summed E-state index contributed by atoms with van der Waals surface area (Å²) >= 11 is 0. The number of nitrogens with zero attached hydrogens (tertiary/aromatic N) is 1. The maximum atomic E-state index is 12.9. The third-order valence-corrected chi connectivity index (χ3v) is 6.72. The van der Waals surface area contributed by atoms with Crippen molar-refractivity contribution >= 4 is 22.4 Å². The molecule has 5 heteroatoms. The van der Waals surface area contributed by atoms with Gasteiger partial charge in [-0.1, -0.05) is 66.7 Å². The van der Waals surface area contributed by atoms with E-state index in [9.17, 15) is 4.79 Å². The normalized spacial score (nSPS) is 23.6. The molecule has 0 radical (unpaired) electrons. The number of likely N-dealkylation sites (tertiary alicyclic amines) is 1. The molecule has 2 heterocycles. The molecule has 2 saturated heterocycles. The molecule has 0 unspecified atom stereocenters. The molecular weight excluding hydrogens is 400 g/mol. The van der Waals surface area contributed by atoms with Crippen LogP contribution in [0, 0.1) is 0 Å². The Morgan fingerprint density at radius 1 is 1.03 bits per heavy atom. The van der Waals surface area contributed by atoms with E-state index in [0.29, 0.717) is 19.7 Å². The third kappa shape index (κ3) is 4.56. The van der Waals surface area contributed by atoms with Gasteiger partial charge in [-0.2, -0.15) is 0 Å². The average Bonchev–Trinajstić information content (AvgIpc) is 3.30. The average molecular weight is 431 g/mol. The molecule has 5 nitrogen and oxygen atoms in total. The van der Waals surface area contributed by atoms with Crippen molar-refractivity contribution in [3.05, 3.63) is 78.4 Å². The number of hydrogen-bond acceptors (Lipinski definition) is 4. The van der Waals surface area contributed by atoms with Crippen molar-refractivity contribution in [3.8, 4) is 0 Å². The highest BCUT2D eigenvalue weighted by Crippen LogP contribution is 2.38. The zero-order valence-corrected chi connectivity index (χ0v) is 18.3. The molecule has 166 valence electrons. The van der Waals surface area contributed by atoms with Crippen molar-refractivity contribution in [1.82, 2.24) is 4.90 Å². The zero-order valence-electron chi connectivity index (χ0n) is 18.3. The van der Waals surface area contributed by atoms with Crippen LogP contribution in [-0.2, 0) is 20.9 Å². The van der Waals surface area contributed by atoms with Crippen LogP contribution in [0.25, 0.3) is 10.8 Å². The second-order valence-electron chi connectivity index (χ2n) is 8.86. The summed E-state index contributed by atoms with van der Waals surface area (Å²) in [6.07, 6.45) is 2.97. The maximum absolute atomic E-state index is 12.9. The molecule has 1 spiro atoms. The number of ether oxygens (including phenoxy) is 2. The van der Waals surface area contributed by atoms with Crippen LogP contribution in [-0.4, -0.2) is 48.8 Å². The molecule has 3 aromatic carbocycles. The number of benzene rings is 3. The molecule has 1 N–H and O–H groups in total. The predicted molar refractivity (Wildman–Crippen MR) is 127 cm³/mol. The van der Waals surface area contributed by atoms with Gasteiger partial charge >= 0.3 is 0 Å². The van der Waals surface area contributed by atoms with Crippen molar-refractivity contribution in [2.45, 2.75) is 37.6 Å². The molecule has 0 aromatic heterocycles. The molecule has 32 heavy (non-hydrogen) atoms. The fourth-order valence-corrected chi connectivity index (χ4v) is 5.02. The molecule has 1 amide bonds. The van der Waals surface area contributed by atoms with Gasteiger partial charge in [-0.05, 0) is 36.3 Å². The summed E-state index contributed by atoms with van der Waals surface area (Å²) in [5.74, 6) is 0.00597. The van der Waals surface area contributed by atoms with Gasteiger partial charge in [0.1, 0.15) is 0 Å². The number of nitrogens with one attached hydrogen (secondary N) is 1. The second kappa shape index (κ2) is 9.41. The minimum absolute atomic E-state index is 0.00597. The molecule has 0 aliphatic carbocycles. The first-order valence-electron chi connectivity index (χ1n) is 11.5. The smallest absolute Gasteiger partial charge is 0.238 e. The highest BCUT2D eigenvalue weighted by Gasteiger charge is 2.47. The van der Waals surface area contributed by atoms with Gasteiger partial charge in [-0.3, -0.25) is 9.69 Å². The van der Waals surface area contributed by atoms with Crippen LogP contribution >= 0.6 is 0 Å². The van der Waals surface area contributed by atoms with Crippen molar-refractivity contribution in [2.75, 3.05) is 31.6 Å². The summed E-state index contributed by atoms with van der Waals surface area (Å²) in [6.45, 7) is 3.26. The molecule has 2 aliphatic rings. The van der Waals surface area contributed by atoms with Gasteiger partial charge in [-0.25, -0.2) is 0 Å². The van der Waals surface area contributed by atoms with Crippen molar-refractivity contribution < 1.29 is 14.3 Å². The maximum Gasteiger partial charge on any atom is 0.238 e. The minimum Gasteiger partial charge on any atom is -0.372 e. The summed E-state index contributed by atoms with van der Waals surface area (Å²) < 4.78 is 12.6. The first-order chi connectivity index (χ1) is 15.7. The number of carbonyl (C=O) groups is 1. The molecule has 0 saturated carbocycles. The summed E-state index contributed by atoms with van der Waals surface area (Å²) in [7, 11) is 0. The lowest BCUT2D eigenvalue weighted by Crippen LogP contribution is -2.57. The Morgan fingerprint density at radius 3 is 2.69 bits per heavy atom. The van der Waals surface area contributed by atoms with Crippen LogP contribution in [0.4, 0.5) is 5.69 Å². The van der Waals surface area contributed by atoms with Crippen molar-refractivity contribution in [2.24, 2.45) is 0 Å². The Morgan fingerprint density at radius 2 is 1.84 bits per heavy atom. The van der Waals surface area contributed by atoms with E-state index in [2.05, 4.69) is 34.5 Å². The number of rotatable bonds is 6. The second-order valence-corrected chi connectivity index (χ2v) is 8.86. The lowest BCUT2D eigenvalue weighted by atomic mass is 9.85. The number of amides is 1. The molecule has 2 atom stereocenters. The highest BCUT2D eigenvalue weighted by atomic mass is 16.6. The Balaban J connectivity index is 1.24. The van der Waals surface area contributed by atoms with E-state index < -0.39 is 0 Å². The van der Waals surface area contributed by atoms with E-state index in [1.807, 2.05) is 48.5 Å². The van der Waals surface area contributed by atoms with Gasteiger partial charge in [0, 0.05) is 30.8 Å². The van der Waals surface area contributed by atoms with Gasteiger partial charge in [0.25, 0.3) is 0 Å². The number of fused-ring (bicyclic) bond motifs is 1. The van der Waals surface area contributed by atoms with Crippen LogP contribution in [0.2, 0.25) is 0 Å². The van der Waals surface area contributed by atoms with Gasteiger partial charge in [0.15, 0.2) is 0 Å².